The Morgan fingerprint density at radius 3 is 2.60 bits per heavy atom. The van der Waals surface area contributed by atoms with E-state index >= 15 is 0 Å². The molecule has 0 fully saturated rings. The van der Waals surface area contributed by atoms with Gasteiger partial charge in [0.05, 0.1) is 37.6 Å². The molecule has 0 saturated heterocycles. The Labute approximate surface area is 237 Å². The van der Waals surface area contributed by atoms with Crippen molar-refractivity contribution < 1.29 is 46.2 Å². The van der Waals surface area contributed by atoms with E-state index in [1.165, 1.54) is 50.8 Å². The van der Waals surface area contributed by atoms with E-state index in [4.69, 9.17) is 18.6 Å². The van der Waals surface area contributed by atoms with E-state index in [-0.39, 0.29) is 34.2 Å². The number of nitrogens with zero attached hydrogens (tertiary/aromatic N) is 1. The molecule has 0 unspecified atom stereocenters. The number of alkyl halides is 3. The van der Waals surface area contributed by atoms with E-state index in [9.17, 15) is 27.6 Å². The van der Waals surface area contributed by atoms with Crippen molar-refractivity contribution in [2.24, 2.45) is 5.10 Å². The minimum Gasteiger partial charge on any atom is -0.493 e. The molecule has 3 aromatic rings. The van der Waals surface area contributed by atoms with Crippen LogP contribution in [-0.4, -0.2) is 44.9 Å². The van der Waals surface area contributed by atoms with Gasteiger partial charge in [0.25, 0.3) is 5.91 Å². The lowest BCUT2D eigenvalue weighted by atomic mass is 9.95. The summed E-state index contributed by atoms with van der Waals surface area (Å²) in [5.41, 5.74) is 2.75. The number of nitrogens with one attached hydrogen (secondary N) is 3. The molecule has 0 radical (unpaired) electrons. The predicted octanol–water partition coefficient (Wildman–Crippen LogP) is 4.30. The standard InChI is InChI=1S/C28H25F3N4O7/c1-15-24(26(37)40-3)25(34-27(38)33-15)17-7-9-21(22(12-17)39-2)41-14-23(36)35-32-13-19-8-10-20(42-19)16-5-4-6-18(11-16)28(29,30)31/h4-13,25H,14H2,1-3H3,(H,35,36)(H2,33,34,38)/b32-13-/t25-/m1/s1. The number of rotatable bonds is 9. The number of esters is 1. The molecular formula is C28H25F3N4O7. The molecule has 0 spiro atoms. The molecule has 220 valence electrons. The quantitative estimate of drug-likeness (QED) is 0.193. The number of furan rings is 1. The zero-order valence-electron chi connectivity index (χ0n) is 22.5. The van der Waals surface area contributed by atoms with Gasteiger partial charge in [0.1, 0.15) is 11.5 Å². The zero-order valence-corrected chi connectivity index (χ0v) is 22.5. The molecule has 1 aromatic heterocycles. The molecule has 3 N–H and O–H groups in total. The van der Waals surface area contributed by atoms with Crippen LogP contribution in [0.2, 0.25) is 0 Å². The smallest absolute Gasteiger partial charge is 0.416 e. The van der Waals surface area contributed by atoms with Crippen LogP contribution < -0.4 is 25.5 Å². The van der Waals surface area contributed by atoms with Crippen LogP contribution in [0.3, 0.4) is 0 Å². The zero-order chi connectivity index (χ0) is 30.4. The van der Waals surface area contributed by atoms with E-state index in [1.54, 1.807) is 19.1 Å². The monoisotopic (exact) mass is 586 g/mol. The third kappa shape index (κ3) is 6.89. The molecule has 2 aromatic carbocycles. The normalized spacial score (nSPS) is 15.2. The Morgan fingerprint density at radius 2 is 1.88 bits per heavy atom. The number of carbonyl (C=O) groups is 3. The lowest BCUT2D eigenvalue weighted by Gasteiger charge is -2.28. The summed E-state index contributed by atoms with van der Waals surface area (Å²) in [5, 5.41) is 8.98. The predicted molar refractivity (Wildman–Crippen MR) is 142 cm³/mol. The first-order valence-electron chi connectivity index (χ1n) is 12.3. The number of carbonyl (C=O) groups excluding carboxylic acids is 3. The molecule has 0 bridgehead atoms. The molecule has 0 aliphatic carbocycles. The van der Waals surface area contributed by atoms with Crippen LogP contribution in [0.1, 0.15) is 29.9 Å². The molecule has 1 atom stereocenters. The highest BCUT2D eigenvalue weighted by Crippen LogP contribution is 2.35. The topological polar surface area (TPSA) is 140 Å². The van der Waals surface area contributed by atoms with Crippen molar-refractivity contribution >= 4 is 24.1 Å². The molecule has 0 saturated carbocycles. The SMILES string of the molecule is COC(=O)C1=C(C)NC(=O)N[C@@H]1c1ccc(OCC(=O)N/N=C\c2ccc(-c3cccc(C(F)(F)F)c3)o2)c(OC)c1. The van der Waals surface area contributed by atoms with Crippen LogP contribution in [0.25, 0.3) is 11.3 Å². The Morgan fingerprint density at radius 1 is 1.10 bits per heavy atom. The van der Waals surface area contributed by atoms with Gasteiger partial charge in [0, 0.05) is 11.3 Å². The van der Waals surface area contributed by atoms with Crippen molar-refractivity contribution in [3.8, 4) is 22.8 Å². The number of benzene rings is 2. The van der Waals surface area contributed by atoms with Gasteiger partial charge in [-0.25, -0.2) is 15.0 Å². The summed E-state index contributed by atoms with van der Waals surface area (Å²) in [6, 6.07) is 11.0. The maximum atomic E-state index is 13.0. The molecule has 4 rings (SSSR count). The molecule has 11 nitrogen and oxygen atoms in total. The van der Waals surface area contributed by atoms with Gasteiger partial charge in [-0.3, -0.25) is 4.79 Å². The highest BCUT2D eigenvalue weighted by atomic mass is 19.4. The summed E-state index contributed by atoms with van der Waals surface area (Å²) >= 11 is 0. The van der Waals surface area contributed by atoms with E-state index < -0.39 is 42.3 Å². The molecule has 2 heterocycles. The summed E-state index contributed by atoms with van der Waals surface area (Å²) in [7, 11) is 2.62. The number of allylic oxidation sites excluding steroid dienone is 1. The van der Waals surface area contributed by atoms with Crippen molar-refractivity contribution in [3.63, 3.8) is 0 Å². The number of hydrazone groups is 1. The third-order valence-corrected chi connectivity index (χ3v) is 6.04. The largest absolute Gasteiger partial charge is 0.493 e. The van der Waals surface area contributed by atoms with Gasteiger partial charge in [-0.05, 0) is 48.9 Å². The van der Waals surface area contributed by atoms with E-state index in [1.807, 2.05) is 0 Å². The van der Waals surface area contributed by atoms with Gasteiger partial charge in [-0.1, -0.05) is 18.2 Å². The van der Waals surface area contributed by atoms with Crippen molar-refractivity contribution in [1.82, 2.24) is 16.1 Å². The average Bonchev–Trinajstić information content (AvgIpc) is 3.44. The number of hydrogen-bond donors (Lipinski definition) is 3. The molecule has 1 aliphatic rings. The molecule has 42 heavy (non-hydrogen) atoms. The van der Waals surface area contributed by atoms with Crippen LogP contribution in [0, 0.1) is 0 Å². The number of urea groups is 1. The van der Waals surface area contributed by atoms with Crippen molar-refractivity contribution in [2.75, 3.05) is 20.8 Å². The molecular weight excluding hydrogens is 561 g/mol. The fraction of sp³-hybridized carbons (Fsp3) is 0.214. The number of halogens is 3. The van der Waals surface area contributed by atoms with Crippen molar-refractivity contribution in [3.05, 3.63) is 82.8 Å². The van der Waals surface area contributed by atoms with Crippen molar-refractivity contribution in [1.29, 1.82) is 0 Å². The minimum absolute atomic E-state index is 0.196. The van der Waals surface area contributed by atoms with Gasteiger partial charge < -0.3 is 29.3 Å². The Balaban J connectivity index is 1.37. The Hall–Kier alpha value is -5.27. The molecule has 1 aliphatic heterocycles. The van der Waals surface area contributed by atoms with Crippen LogP contribution >= 0.6 is 0 Å². The number of hydrogen-bond acceptors (Lipinski definition) is 8. The highest BCUT2D eigenvalue weighted by Gasteiger charge is 2.33. The first-order chi connectivity index (χ1) is 20.0. The van der Waals surface area contributed by atoms with Gasteiger partial charge in [-0.2, -0.15) is 18.3 Å². The first kappa shape index (κ1) is 29.7. The van der Waals surface area contributed by atoms with E-state index in [0.717, 1.165) is 12.1 Å². The maximum Gasteiger partial charge on any atom is 0.416 e. The van der Waals surface area contributed by atoms with Gasteiger partial charge in [-0.15, -0.1) is 0 Å². The fourth-order valence-corrected chi connectivity index (χ4v) is 4.08. The molecule has 14 heteroatoms. The summed E-state index contributed by atoms with van der Waals surface area (Å²) in [4.78, 5) is 36.6. The lowest BCUT2D eigenvalue weighted by molar-refractivity contribution is -0.138. The second-order valence-corrected chi connectivity index (χ2v) is 8.83. The first-order valence-corrected chi connectivity index (χ1v) is 12.3. The van der Waals surface area contributed by atoms with Crippen molar-refractivity contribution in [2.45, 2.75) is 19.1 Å². The summed E-state index contributed by atoms with van der Waals surface area (Å²) in [6.45, 7) is 1.13. The lowest BCUT2D eigenvalue weighted by Crippen LogP contribution is -2.45. The fourth-order valence-electron chi connectivity index (χ4n) is 4.08. The average molecular weight is 587 g/mol. The summed E-state index contributed by atoms with van der Waals surface area (Å²) in [5.74, 6) is -0.418. The summed E-state index contributed by atoms with van der Waals surface area (Å²) in [6.07, 6.45) is -3.30. The minimum atomic E-state index is -4.49. The number of methoxy groups -OCH3 is 2. The van der Waals surface area contributed by atoms with Gasteiger partial charge >= 0.3 is 18.2 Å². The van der Waals surface area contributed by atoms with E-state index in [0.29, 0.717) is 11.3 Å². The second kappa shape index (κ2) is 12.5. The summed E-state index contributed by atoms with van der Waals surface area (Å²) < 4.78 is 60.2. The number of amides is 3. The second-order valence-electron chi connectivity index (χ2n) is 8.83. The Bertz CT molecular complexity index is 1560. The third-order valence-electron chi connectivity index (χ3n) is 6.04. The van der Waals surface area contributed by atoms with Crippen LogP contribution in [0.5, 0.6) is 11.5 Å². The van der Waals surface area contributed by atoms with Gasteiger partial charge in [0.2, 0.25) is 0 Å². The van der Waals surface area contributed by atoms with Crippen LogP contribution in [0.4, 0.5) is 18.0 Å². The van der Waals surface area contributed by atoms with Gasteiger partial charge in [0.15, 0.2) is 18.1 Å². The van der Waals surface area contributed by atoms with Crippen LogP contribution in [-0.2, 0) is 20.5 Å². The highest BCUT2D eigenvalue weighted by molar-refractivity contribution is 5.95. The van der Waals surface area contributed by atoms with Crippen LogP contribution in [0.15, 0.2) is 75.4 Å². The molecule has 3 amide bonds. The Kier molecular flexibility index (Phi) is 8.84. The van der Waals surface area contributed by atoms with E-state index in [2.05, 4.69) is 21.2 Å². The number of ether oxygens (including phenoxy) is 3. The maximum absolute atomic E-state index is 13.0.